The number of aryl methyl sites for hydroxylation is 1. The molecule has 4 rings (SSSR count). The largest absolute Gasteiger partial charge is 0.491 e. The van der Waals surface area contributed by atoms with E-state index in [-0.39, 0.29) is 6.61 Å². The molecule has 6 nitrogen and oxygen atoms in total. The zero-order chi connectivity index (χ0) is 17.9. The van der Waals surface area contributed by atoms with Gasteiger partial charge in [0.1, 0.15) is 18.5 Å². The number of para-hydroxylation sites is 1. The Morgan fingerprint density at radius 1 is 1.23 bits per heavy atom. The molecule has 1 saturated carbocycles. The van der Waals surface area contributed by atoms with Crippen LogP contribution in [0.4, 0.5) is 0 Å². The molecule has 2 aliphatic rings. The lowest BCUT2D eigenvalue weighted by molar-refractivity contribution is 0.148. The summed E-state index contributed by atoms with van der Waals surface area (Å²) in [6.07, 6.45) is 2.85. The molecule has 2 heterocycles. The summed E-state index contributed by atoms with van der Waals surface area (Å²) in [6, 6.07) is 10.1. The van der Waals surface area contributed by atoms with Crippen LogP contribution in [0, 0.1) is 5.92 Å². The molecular weight excluding hydrogens is 330 g/mol. The smallest absolute Gasteiger partial charge is 0.123 e. The Hall–Kier alpha value is -1.89. The Kier molecular flexibility index (Phi) is 5.24. The molecule has 0 spiro atoms. The number of nitrogens with zero attached hydrogens (tertiary/aromatic N) is 3. The molecule has 1 aliphatic heterocycles. The second kappa shape index (κ2) is 7.78. The fraction of sp³-hybridized carbons (Fsp3) is 0.550. The molecule has 1 fully saturated rings. The minimum absolute atomic E-state index is 0.0172. The summed E-state index contributed by atoms with van der Waals surface area (Å²) in [6.45, 7) is 3.84. The summed E-state index contributed by atoms with van der Waals surface area (Å²) < 4.78 is 7.73. The van der Waals surface area contributed by atoms with Crippen LogP contribution in [0.15, 0.2) is 30.3 Å². The number of hydrogen-bond acceptors (Lipinski definition) is 5. The fourth-order valence-corrected chi connectivity index (χ4v) is 3.66. The van der Waals surface area contributed by atoms with E-state index >= 15 is 0 Å². The van der Waals surface area contributed by atoms with Crippen molar-refractivity contribution in [1.29, 1.82) is 0 Å². The Balaban J connectivity index is 1.47. The van der Waals surface area contributed by atoms with E-state index in [1.807, 2.05) is 18.2 Å². The molecule has 0 amide bonds. The highest BCUT2D eigenvalue weighted by Gasteiger charge is 2.33. The van der Waals surface area contributed by atoms with Crippen molar-refractivity contribution in [3.8, 4) is 5.75 Å². The number of aliphatic hydroxyl groups excluding tert-OH is 2. The molecule has 0 saturated heterocycles. The van der Waals surface area contributed by atoms with Gasteiger partial charge >= 0.3 is 0 Å². The normalized spacial score (nSPS) is 19.0. The summed E-state index contributed by atoms with van der Waals surface area (Å²) in [5, 5.41) is 24.0. The summed E-state index contributed by atoms with van der Waals surface area (Å²) >= 11 is 0. The van der Waals surface area contributed by atoms with Gasteiger partial charge in [0.25, 0.3) is 0 Å². The van der Waals surface area contributed by atoms with Gasteiger partial charge in [-0.25, -0.2) is 0 Å². The number of aromatic nitrogens is 2. The van der Waals surface area contributed by atoms with Gasteiger partial charge in [0.2, 0.25) is 0 Å². The zero-order valence-corrected chi connectivity index (χ0v) is 15.0. The van der Waals surface area contributed by atoms with Crippen LogP contribution in [0.25, 0.3) is 0 Å². The SMILES string of the molecule is OCCOc1ccccc1CN1CCCn2nc([C@H](O)C3CC3)cc2C1. The van der Waals surface area contributed by atoms with Gasteiger partial charge in [0.05, 0.1) is 18.0 Å². The van der Waals surface area contributed by atoms with E-state index in [1.54, 1.807) is 0 Å². The molecule has 2 N–H and O–H groups in total. The van der Waals surface area contributed by atoms with Gasteiger partial charge < -0.3 is 14.9 Å². The maximum absolute atomic E-state index is 10.4. The summed E-state index contributed by atoms with van der Waals surface area (Å²) in [7, 11) is 0. The molecule has 26 heavy (non-hydrogen) atoms. The molecule has 6 heteroatoms. The summed E-state index contributed by atoms with van der Waals surface area (Å²) in [5.74, 6) is 1.24. The molecule has 1 aromatic heterocycles. The number of benzene rings is 1. The second-order valence-corrected chi connectivity index (χ2v) is 7.31. The van der Waals surface area contributed by atoms with Crippen LogP contribution in [0.5, 0.6) is 5.75 Å². The van der Waals surface area contributed by atoms with Crippen LogP contribution in [0.1, 0.15) is 42.3 Å². The lowest BCUT2D eigenvalue weighted by Gasteiger charge is -2.21. The summed E-state index contributed by atoms with van der Waals surface area (Å²) in [5.41, 5.74) is 3.13. The third-order valence-electron chi connectivity index (χ3n) is 5.20. The van der Waals surface area contributed by atoms with Gasteiger partial charge in [-0.15, -0.1) is 0 Å². The van der Waals surface area contributed by atoms with Crippen LogP contribution in [0.2, 0.25) is 0 Å². The highest BCUT2D eigenvalue weighted by atomic mass is 16.5. The highest BCUT2D eigenvalue weighted by molar-refractivity contribution is 5.33. The van der Waals surface area contributed by atoms with E-state index in [0.29, 0.717) is 12.5 Å². The first-order valence-corrected chi connectivity index (χ1v) is 9.53. The van der Waals surface area contributed by atoms with Crippen molar-refractivity contribution in [2.45, 2.75) is 45.0 Å². The van der Waals surface area contributed by atoms with Crippen LogP contribution in [0.3, 0.4) is 0 Å². The molecule has 0 unspecified atom stereocenters. The van der Waals surface area contributed by atoms with Crippen LogP contribution < -0.4 is 4.74 Å². The van der Waals surface area contributed by atoms with Gasteiger partial charge in [-0.3, -0.25) is 9.58 Å². The highest BCUT2D eigenvalue weighted by Crippen LogP contribution is 2.40. The number of fused-ring (bicyclic) bond motifs is 1. The first-order chi connectivity index (χ1) is 12.7. The Morgan fingerprint density at radius 3 is 2.88 bits per heavy atom. The topological polar surface area (TPSA) is 70.8 Å². The first kappa shape index (κ1) is 17.5. The first-order valence-electron chi connectivity index (χ1n) is 9.53. The third kappa shape index (κ3) is 3.92. The van der Waals surface area contributed by atoms with Gasteiger partial charge in [-0.1, -0.05) is 18.2 Å². The fourth-order valence-electron chi connectivity index (χ4n) is 3.66. The Labute approximate surface area is 154 Å². The van der Waals surface area contributed by atoms with Crippen molar-refractivity contribution >= 4 is 0 Å². The van der Waals surface area contributed by atoms with Crippen LogP contribution in [-0.4, -0.2) is 44.7 Å². The molecular formula is C20H27N3O3. The second-order valence-electron chi connectivity index (χ2n) is 7.31. The van der Waals surface area contributed by atoms with Crippen LogP contribution in [-0.2, 0) is 19.6 Å². The minimum atomic E-state index is -0.407. The number of rotatable bonds is 7. The number of aliphatic hydroxyl groups is 2. The van der Waals surface area contributed by atoms with E-state index in [1.165, 1.54) is 5.69 Å². The zero-order valence-electron chi connectivity index (χ0n) is 15.0. The van der Waals surface area contributed by atoms with E-state index in [9.17, 15) is 5.11 Å². The van der Waals surface area contributed by atoms with E-state index < -0.39 is 6.10 Å². The Morgan fingerprint density at radius 2 is 2.08 bits per heavy atom. The molecule has 0 radical (unpaired) electrons. The minimum Gasteiger partial charge on any atom is -0.491 e. The molecule has 140 valence electrons. The predicted molar refractivity (Wildman–Crippen MR) is 97.7 cm³/mol. The molecule has 2 aromatic rings. The molecule has 1 aromatic carbocycles. The Bertz CT molecular complexity index is 742. The number of hydrogen-bond donors (Lipinski definition) is 2. The van der Waals surface area contributed by atoms with Crippen LogP contribution >= 0.6 is 0 Å². The molecule has 0 bridgehead atoms. The van der Waals surface area contributed by atoms with E-state index in [4.69, 9.17) is 9.84 Å². The molecule has 1 atom stereocenters. The quantitative estimate of drug-likeness (QED) is 0.794. The maximum atomic E-state index is 10.4. The lowest BCUT2D eigenvalue weighted by atomic mass is 10.1. The van der Waals surface area contributed by atoms with Crippen molar-refractivity contribution < 1.29 is 14.9 Å². The average Bonchev–Trinajstić information content (AvgIpc) is 3.45. The average molecular weight is 357 g/mol. The van der Waals surface area contributed by atoms with Crippen molar-refractivity contribution in [1.82, 2.24) is 14.7 Å². The summed E-state index contributed by atoms with van der Waals surface area (Å²) in [4.78, 5) is 2.40. The monoisotopic (exact) mass is 357 g/mol. The van der Waals surface area contributed by atoms with Crippen molar-refractivity contribution in [3.05, 3.63) is 47.3 Å². The van der Waals surface area contributed by atoms with Crippen molar-refractivity contribution in [3.63, 3.8) is 0 Å². The van der Waals surface area contributed by atoms with Crippen molar-refractivity contribution in [2.75, 3.05) is 19.8 Å². The third-order valence-corrected chi connectivity index (χ3v) is 5.20. The lowest BCUT2D eigenvalue weighted by Crippen LogP contribution is -2.23. The predicted octanol–water partition coefficient (Wildman–Crippen LogP) is 2.10. The van der Waals surface area contributed by atoms with Gasteiger partial charge in [-0.05, 0) is 37.3 Å². The standard InChI is InChI=1S/C20H27N3O3/c24-10-11-26-19-5-2-1-4-16(19)13-22-8-3-9-23-17(14-22)12-18(21-23)20(25)15-6-7-15/h1-2,4-5,12,15,20,24-25H,3,6-11,13-14H2/t20-/m1/s1. The molecule has 1 aliphatic carbocycles. The van der Waals surface area contributed by atoms with Gasteiger partial charge in [-0.2, -0.15) is 5.10 Å². The van der Waals surface area contributed by atoms with Gasteiger partial charge in [0, 0.05) is 31.7 Å². The number of ether oxygens (including phenoxy) is 1. The maximum Gasteiger partial charge on any atom is 0.123 e. The van der Waals surface area contributed by atoms with Gasteiger partial charge in [0.15, 0.2) is 0 Å². The van der Waals surface area contributed by atoms with Crippen molar-refractivity contribution in [2.24, 2.45) is 5.92 Å². The van der Waals surface area contributed by atoms with E-state index in [2.05, 4.69) is 26.8 Å². The van der Waals surface area contributed by atoms with E-state index in [0.717, 1.165) is 62.4 Å².